The highest BCUT2D eigenvalue weighted by Crippen LogP contribution is 2.33. The molecule has 3 heteroatoms. The van der Waals surface area contributed by atoms with Gasteiger partial charge in [0.1, 0.15) is 5.75 Å². The summed E-state index contributed by atoms with van der Waals surface area (Å²) in [4.78, 5) is 2.27. The first-order valence-electron chi connectivity index (χ1n) is 5.38. The van der Waals surface area contributed by atoms with E-state index in [9.17, 15) is 0 Å². The minimum atomic E-state index is 0.652. The van der Waals surface area contributed by atoms with Gasteiger partial charge in [-0.05, 0) is 31.4 Å². The quantitative estimate of drug-likeness (QED) is 0.771. The minimum absolute atomic E-state index is 0.652. The first-order chi connectivity index (χ1) is 7.22. The Hall–Kier alpha value is -1.38. The van der Waals surface area contributed by atoms with E-state index in [-0.39, 0.29) is 0 Å². The second-order valence-electron chi connectivity index (χ2n) is 4.12. The number of rotatable bonds is 3. The lowest BCUT2D eigenvalue weighted by Crippen LogP contribution is -2.37. The highest BCUT2D eigenvalue weighted by Gasteiger charge is 2.23. The molecule has 0 unspecified atom stereocenters. The molecule has 1 aliphatic carbocycles. The van der Waals surface area contributed by atoms with Gasteiger partial charge < -0.3 is 15.4 Å². The highest BCUT2D eigenvalue weighted by molar-refractivity contribution is 5.69. The maximum atomic E-state index is 5.96. The Balaban J connectivity index is 2.24. The summed E-state index contributed by atoms with van der Waals surface area (Å²) in [5.41, 5.74) is 7.87. The smallest absolute Gasteiger partial charge is 0.121 e. The number of benzene rings is 1. The summed E-state index contributed by atoms with van der Waals surface area (Å²) in [6.45, 7) is 0. The fraction of sp³-hybridized carbons (Fsp3) is 0.500. The van der Waals surface area contributed by atoms with Crippen LogP contribution in [-0.2, 0) is 0 Å². The lowest BCUT2D eigenvalue weighted by molar-refractivity contribution is 0.398. The Kier molecular flexibility index (Phi) is 2.71. The molecule has 82 valence electrons. The Bertz CT molecular complexity index is 347. The van der Waals surface area contributed by atoms with E-state index in [1.807, 2.05) is 18.2 Å². The maximum absolute atomic E-state index is 5.96. The number of hydrogen-bond acceptors (Lipinski definition) is 3. The Labute approximate surface area is 90.8 Å². The molecule has 15 heavy (non-hydrogen) atoms. The summed E-state index contributed by atoms with van der Waals surface area (Å²) in [6.07, 6.45) is 3.87. The van der Waals surface area contributed by atoms with E-state index < -0.39 is 0 Å². The molecular formula is C12H18N2O. The third kappa shape index (κ3) is 1.87. The van der Waals surface area contributed by atoms with Gasteiger partial charge in [0.2, 0.25) is 0 Å². The summed E-state index contributed by atoms with van der Waals surface area (Å²) in [6, 6.07) is 6.46. The first-order valence-corrected chi connectivity index (χ1v) is 5.38. The number of anilines is 2. The van der Waals surface area contributed by atoms with E-state index in [2.05, 4.69) is 11.9 Å². The lowest BCUT2D eigenvalue weighted by atomic mass is 9.91. The second kappa shape index (κ2) is 4.01. The molecular weight excluding hydrogens is 188 g/mol. The number of ether oxygens (including phenoxy) is 1. The van der Waals surface area contributed by atoms with Crippen molar-refractivity contribution in [3.8, 4) is 5.75 Å². The molecule has 1 fully saturated rings. The minimum Gasteiger partial charge on any atom is -0.497 e. The van der Waals surface area contributed by atoms with Crippen LogP contribution in [0.2, 0.25) is 0 Å². The molecule has 1 aromatic rings. The van der Waals surface area contributed by atoms with E-state index in [4.69, 9.17) is 10.5 Å². The molecule has 1 aromatic carbocycles. The average Bonchev–Trinajstić information content (AvgIpc) is 2.15. The molecule has 1 saturated carbocycles. The van der Waals surface area contributed by atoms with Gasteiger partial charge in [0.05, 0.1) is 18.5 Å². The van der Waals surface area contributed by atoms with Gasteiger partial charge in [-0.3, -0.25) is 0 Å². The van der Waals surface area contributed by atoms with Gasteiger partial charge in [0.15, 0.2) is 0 Å². The van der Waals surface area contributed by atoms with Crippen LogP contribution in [0.25, 0.3) is 0 Å². The normalized spacial score (nSPS) is 15.9. The molecule has 0 aliphatic heterocycles. The van der Waals surface area contributed by atoms with Crippen molar-refractivity contribution in [1.29, 1.82) is 0 Å². The molecule has 0 aromatic heterocycles. The van der Waals surface area contributed by atoms with Crippen LogP contribution in [0.3, 0.4) is 0 Å². The zero-order valence-corrected chi connectivity index (χ0v) is 9.36. The van der Waals surface area contributed by atoms with E-state index >= 15 is 0 Å². The lowest BCUT2D eigenvalue weighted by Gasteiger charge is -2.37. The molecule has 2 rings (SSSR count). The van der Waals surface area contributed by atoms with Gasteiger partial charge >= 0.3 is 0 Å². The van der Waals surface area contributed by atoms with Crippen molar-refractivity contribution in [3.05, 3.63) is 18.2 Å². The van der Waals surface area contributed by atoms with Crippen LogP contribution in [0.5, 0.6) is 5.75 Å². The zero-order chi connectivity index (χ0) is 10.8. The van der Waals surface area contributed by atoms with Gasteiger partial charge in [0.25, 0.3) is 0 Å². The van der Waals surface area contributed by atoms with Crippen molar-refractivity contribution in [2.45, 2.75) is 25.3 Å². The van der Waals surface area contributed by atoms with Crippen molar-refractivity contribution in [3.63, 3.8) is 0 Å². The summed E-state index contributed by atoms with van der Waals surface area (Å²) in [7, 11) is 3.79. The largest absolute Gasteiger partial charge is 0.497 e. The van der Waals surface area contributed by atoms with Crippen LogP contribution in [0, 0.1) is 0 Å². The first kappa shape index (κ1) is 10.1. The van der Waals surface area contributed by atoms with Crippen LogP contribution < -0.4 is 15.4 Å². The number of nitrogens with zero attached hydrogens (tertiary/aromatic N) is 1. The molecule has 0 radical (unpaired) electrons. The van der Waals surface area contributed by atoms with Crippen LogP contribution >= 0.6 is 0 Å². The molecule has 0 bridgehead atoms. The fourth-order valence-electron chi connectivity index (χ4n) is 1.93. The third-order valence-corrected chi connectivity index (χ3v) is 3.24. The molecule has 0 saturated heterocycles. The number of nitrogen functional groups attached to an aromatic ring is 1. The van der Waals surface area contributed by atoms with Gasteiger partial charge in [-0.1, -0.05) is 0 Å². The predicted molar refractivity (Wildman–Crippen MR) is 63.4 cm³/mol. The van der Waals surface area contributed by atoms with Crippen molar-refractivity contribution < 1.29 is 4.74 Å². The Morgan fingerprint density at radius 3 is 2.67 bits per heavy atom. The zero-order valence-electron chi connectivity index (χ0n) is 9.36. The average molecular weight is 206 g/mol. The number of nitrogens with two attached hydrogens (primary N) is 1. The monoisotopic (exact) mass is 206 g/mol. The highest BCUT2D eigenvalue weighted by atomic mass is 16.5. The van der Waals surface area contributed by atoms with E-state index in [0.29, 0.717) is 6.04 Å². The second-order valence-corrected chi connectivity index (χ2v) is 4.12. The number of hydrogen-bond donors (Lipinski definition) is 1. The van der Waals surface area contributed by atoms with Gasteiger partial charge in [-0.25, -0.2) is 0 Å². The van der Waals surface area contributed by atoms with Gasteiger partial charge in [-0.2, -0.15) is 0 Å². The molecule has 0 amide bonds. The van der Waals surface area contributed by atoms with E-state index in [1.165, 1.54) is 19.3 Å². The topological polar surface area (TPSA) is 38.5 Å². The molecule has 0 spiro atoms. The van der Waals surface area contributed by atoms with Crippen LogP contribution in [-0.4, -0.2) is 20.2 Å². The predicted octanol–water partition coefficient (Wildman–Crippen LogP) is 2.27. The van der Waals surface area contributed by atoms with Crippen molar-refractivity contribution in [2.24, 2.45) is 0 Å². The summed E-state index contributed by atoms with van der Waals surface area (Å²) < 4.78 is 5.21. The maximum Gasteiger partial charge on any atom is 0.121 e. The van der Waals surface area contributed by atoms with Crippen molar-refractivity contribution in [2.75, 3.05) is 24.8 Å². The summed E-state index contributed by atoms with van der Waals surface area (Å²) in [5, 5.41) is 0. The molecule has 0 heterocycles. The molecule has 1 aliphatic rings. The third-order valence-electron chi connectivity index (χ3n) is 3.24. The molecule has 0 atom stereocenters. The fourth-order valence-corrected chi connectivity index (χ4v) is 1.93. The summed E-state index contributed by atoms with van der Waals surface area (Å²) >= 11 is 0. The van der Waals surface area contributed by atoms with Crippen molar-refractivity contribution >= 4 is 11.4 Å². The summed E-state index contributed by atoms with van der Waals surface area (Å²) in [5.74, 6) is 0.866. The standard InChI is InChI=1S/C12H18N2O/c1-14(9-4-3-5-9)12-8-10(15-2)6-7-11(12)13/h6-9H,3-5,13H2,1-2H3. The van der Waals surface area contributed by atoms with E-state index in [1.54, 1.807) is 7.11 Å². The van der Waals surface area contributed by atoms with E-state index in [0.717, 1.165) is 17.1 Å². The van der Waals surface area contributed by atoms with Crippen LogP contribution in [0.15, 0.2) is 18.2 Å². The molecule has 3 nitrogen and oxygen atoms in total. The van der Waals surface area contributed by atoms with Crippen LogP contribution in [0.1, 0.15) is 19.3 Å². The van der Waals surface area contributed by atoms with Gasteiger partial charge in [0, 0.05) is 19.2 Å². The Morgan fingerprint density at radius 2 is 2.13 bits per heavy atom. The number of methoxy groups -OCH3 is 1. The molecule has 2 N–H and O–H groups in total. The SMILES string of the molecule is COc1ccc(N)c(N(C)C2CCC2)c1. The Morgan fingerprint density at radius 1 is 1.40 bits per heavy atom. The van der Waals surface area contributed by atoms with Crippen molar-refractivity contribution in [1.82, 2.24) is 0 Å². The van der Waals surface area contributed by atoms with Gasteiger partial charge in [-0.15, -0.1) is 0 Å². The van der Waals surface area contributed by atoms with Crippen LogP contribution in [0.4, 0.5) is 11.4 Å².